The molecule has 1 heterocycles. The summed E-state index contributed by atoms with van der Waals surface area (Å²) in [5.74, 6) is 0.310. The lowest BCUT2D eigenvalue weighted by atomic mass is 10.1. The fraction of sp³-hybridized carbons (Fsp3) is 0.316. The molecular formula is C19H23N2O3S+. The molecule has 25 heavy (non-hydrogen) atoms. The lowest BCUT2D eigenvalue weighted by Gasteiger charge is -2.19. The fourth-order valence-corrected chi connectivity index (χ4v) is 5.04. The number of rotatable bonds is 5. The van der Waals surface area contributed by atoms with E-state index in [4.69, 9.17) is 0 Å². The van der Waals surface area contributed by atoms with Crippen LogP contribution >= 0.6 is 0 Å². The maximum absolute atomic E-state index is 12.2. The molecule has 1 saturated heterocycles. The van der Waals surface area contributed by atoms with Gasteiger partial charge in [-0.05, 0) is 23.3 Å². The Hall–Kier alpha value is -2.18. The molecule has 2 aromatic carbocycles. The molecule has 1 aliphatic rings. The Morgan fingerprint density at radius 1 is 1.08 bits per heavy atom. The Bertz CT molecular complexity index is 833. The molecule has 0 radical (unpaired) electrons. The van der Waals surface area contributed by atoms with Crippen molar-refractivity contribution in [3.8, 4) is 11.1 Å². The quantitative estimate of drug-likeness (QED) is 0.837. The van der Waals surface area contributed by atoms with Crippen LogP contribution in [0.5, 0.6) is 0 Å². The minimum atomic E-state index is -2.92. The number of likely N-dealkylation sites (N-methyl/N-ethyl adjacent to an activating group) is 1. The average Bonchev–Trinajstić information content (AvgIpc) is 2.96. The van der Waals surface area contributed by atoms with Gasteiger partial charge in [0.1, 0.15) is 11.8 Å². The van der Waals surface area contributed by atoms with E-state index < -0.39 is 9.84 Å². The summed E-state index contributed by atoms with van der Waals surface area (Å²) in [5, 5.41) is 2.89. The molecule has 0 aromatic heterocycles. The van der Waals surface area contributed by atoms with Crippen LogP contribution in [0.1, 0.15) is 6.42 Å². The Morgan fingerprint density at radius 2 is 1.72 bits per heavy atom. The topological polar surface area (TPSA) is 67.7 Å². The van der Waals surface area contributed by atoms with Crippen LogP contribution in [0.4, 0.5) is 5.69 Å². The van der Waals surface area contributed by atoms with Gasteiger partial charge in [-0.2, -0.15) is 0 Å². The summed E-state index contributed by atoms with van der Waals surface area (Å²) in [6.45, 7) is 0.265. The molecule has 6 heteroatoms. The van der Waals surface area contributed by atoms with E-state index in [0.717, 1.165) is 21.7 Å². The second-order valence-corrected chi connectivity index (χ2v) is 8.84. The van der Waals surface area contributed by atoms with E-state index in [2.05, 4.69) is 5.32 Å². The van der Waals surface area contributed by atoms with Crippen LogP contribution in [0.25, 0.3) is 11.1 Å². The van der Waals surface area contributed by atoms with Gasteiger partial charge in [-0.15, -0.1) is 0 Å². The third-order valence-electron chi connectivity index (χ3n) is 4.64. The molecule has 2 aromatic rings. The third kappa shape index (κ3) is 4.67. The summed E-state index contributed by atoms with van der Waals surface area (Å²) < 4.78 is 23.1. The molecule has 0 saturated carbocycles. The Kier molecular flexibility index (Phi) is 5.20. The molecule has 1 aliphatic heterocycles. The zero-order valence-electron chi connectivity index (χ0n) is 14.2. The predicted octanol–water partition coefficient (Wildman–Crippen LogP) is 0.994. The first kappa shape index (κ1) is 17.6. The van der Waals surface area contributed by atoms with E-state index in [1.807, 2.05) is 61.6 Å². The standard InChI is InChI=1S/C19H22N2O3S/c1-21(18-11-12-25(23,24)14-18)13-19(22)20-17-9-7-16(8-10-17)15-5-3-2-4-6-15/h2-10,18H,11-14H2,1H3,(H,20,22)/p+1/t18-/m0/s1. The maximum Gasteiger partial charge on any atom is 0.279 e. The normalized spacial score (nSPS) is 20.1. The highest BCUT2D eigenvalue weighted by Gasteiger charge is 2.34. The minimum Gasteiger partial charge on any atom is -0.326 e. The van der Waals surface area contributed by atoms with E-state index in [-0.39, 0.29) is 30.0 Å². The summed E-state index contributed by atoms with van der Waals surface area (Å²) in [7, 11) is -1.04. The lowest BCUT2D eigenvalue weighted by Crippen LogP contribution is -3.14. The van der Waals surface area contributed by atoms with Crippen molar-refractivity contribution in [2.45, 2.75) is 12.5 Å². The highest BCUT2D eigenvalue weighted by Crippen LogP contribution is 2.20. The van der Waals surface area contributed by atoms with Crippen molar-refractivity contribution >= 4 is 21.4 Å². The molecule has 2 atom stereocenters. The summed E-state index contributed by atoms with van der Waals surface area (Å²) in [6.07, 6.45) is 0.632. The van der Waals surface area contributed by atoms with Gasteiger partial charge in [-0.25, -0.2) is 8.42 Å². The number of sulfone groups is 1. The zero-order valence-corrected chi connectivity index (χ0v) is 15.1. The molecule has 1 amide bonds. The first-order valence-electron chi connectivity index (χ1n) is 8.41. The number of hydrogen-bond donors (Lipinski definition) is 2. The highest BCUT2D eigenvalue weighted by atomic mass is 32.2. The predicted molar refractivity (Wildman–Crippen MR) is 99.3 cm³/mol. The Morgan fingerprint density at radius 3 is 2.32 bits per heavy atom. The largest absolute Gasteiger partial charge is 0.326 e. The maximum atomic E-state index is 12.2. The zero-order chi connectivity index (χ0) is 17.9. The van der Waals surface area contributed by atoms with Crippen molar-refractivity contribution in [3.05, 3.63) is 54.6 Å². The van der Waals surface area contributed by atoms with Gasteiger partial charge < -0.3 is 10.2 Å². The summed E-state index contributed by atoms with van der Waals surface area (Å²) in [6, 6.07) is 17.8. The van der Waals surface area contributed by atoms with E-state index in [1.165, 1.54) is 0 Å². The SMILES string of the molecule is C[NH+](CC(=O)Nc1ccc(-c2ccccc2)cc1)[C@H]1CCS(=O)(=O)C1. The summed E-state index contributed by atoms with van der Waals surface area (Å²) >= 11 is 0. The van der Waals surface area contributed by atoms with Crippen LogP contribution in [-0.2, 0) is 14.6 Å². The number of anilines is 1. The molecule has 2 N–H and O–H groups in total. The van der Waals surface area contributed by atoms with Crippen LogP contribution in [0.15, 0.2) is 54.6 Å². The Balaban J connectivity index is 1.56. The second kappa shape index (κ2) is 7.37. The second-order valence-electron chi connectivity index (χ2n) is 6.61. The van der Waals surface area contributed by atoms with Gasteiger partial charge in [-0.1, -0.05) is 42.5 Å². The summed E-state index contributed by atoms with van der Waals surface area (Å²) in [5.41, 5.74) is 2.97. The van der Waals surface area contributed by atoms with Gasteiger partial charge in [0.2, 0.25) is 0 Å². The summed E-state index contributed by atoms with van der Waals surface area (Å²) in [4.78, 5) is 13.2. The molecule has 0 aliphatic carbocycles. The Labute approximate surface area is 148 Å². The lowest BCUT2D eigenvalue weighted by molar-refractivity contribution is -0.894. The highest BCUT2D eigenvalue weighted by molar-refractivity contribution is 7.91. The van der Waals surface area contributed by atoms with Crippen molar-refractivity contribution in [3.63, 3.8) is 0 Å². The number of amides is 1. The number of nitrogens with one attached hydrogen (secondary N) is 2. The van der Waals surface area contributed by atoms with Gasteiger partial charge in [0.15, 0.2) is 16.4 Å². The smallest absolute Gasteiger partial charge is 0.279 e. The van der Waals surface area contributed by atoms with Crippen molar-refractivity contribution in [2.75, 3.05) is 30.4 Å². The molecular weight excluding hydrogens is 336 g/mol. The third-order valence-corrected chi connectivity index (χ3v) is 6.41. The fourth-order valence-electron chi connectivity index (χ4n) is 3.16. The molecule has 0 spiro atoms. The van der Waals surface area contributed by atoms with Crippen LogP contribution in [0.2, 0.25) is 0 Å². The van der Waals surface area contributed by atoms with E-state index in [0.29, 0.717) is 6.42 Å². The van der Waals surface area contributed by atoms with Gasteiger partial charge in [0.05, 0.1) is 12.8 Å². The van der Waals surface area contributed by atoms with Gasteiger partial charge in [0.25, 0.3) is 5.91 Å². The van der Waals surface area contributed by atoms with Crippen molar-refractivity contribution in [1.82, 2.24) is 0 Å². The van der Waals surface area contributed by atoms with E-state index >= 15 is 0 Å². The van der Waals surface area contributed by atoms with Gasteiger partial charge in [0, 0.05) is 12.1 Å². The van der Waals surface area contributed by atoms with Crippen LogP contribution < -0.4 is 10.2 Å². The van der Waals surface area contributed by atoms with Crippen molar-refractivity contribution in [1.29, 1.82) is 0 Å². The monoisotopic (exact) mass is 359 g/mol. The van der Waals surface area contributed by atoms with Crippen molar-refractivity contribution < 1.29 is 18.1 Å². The number of hydrogen-bond acceptors (Lipinski definition) is 3. The van der Waals surface area contributed by atoms with Crippen LogP contribution in [0.3, 0.4) is 0 Å². The number of carbonyl (C=O) groups is 1. The van der Waals surface area contributed by atoms with Gasteiger partial charge in [-0.3, -0.25) is 4.79 Å². The molecule has 0 bridgehead atoms. The van der Waals surface area contributed by atoms with Crippen LogP contribution in [0, 0.1) is 0 Å². The first-order chi connectivity index (χ1) is 11.9. The number of carbonyl (C=O) groups excluding carboxylic acids is 1. The minimum absolute atomic E-state index is 0.0104. The molecule has 1 unspecified atom stereocenters. The average molecular weight is 359 g/mol. The molecule has 3 rings (SSSR count). The number of quaternary nitrogens is 1. The van der Waals surface area contributed by atoms with E-state index in [1.54, 1.807) is 0 Å². The van der Waals surface area contributed by atoms with Gasteiger partial charge >= 0.3 is 0 Å². The number of benzene rings is 2. The van der Waals surface area contributed by atoms with Crippen LogP contribution in [-0.4, -0.2) is 45.5 Å². The van der Waals surface area contributed by atoms with Crippen molar-refractivity contribution in [2.24, 2.45) is 0 Å². The molecule has 1 fully saturated rings. The molecule has 132 valence electrons. The molecule has 5 nitrogen and oxygen atoms in total. The first-order valence-corrected chi connectivity index (χ1v) is 10.2. The van der Waals surface area contributed by atoms with E-state index in [9.17, 15) is 13.2 Å².